The second-order valence-corrected chi connectivity index (χ2v) is 7.68. The molecule has 0 aliphatic heterocycles. The molecule has 5 nitrogen and oxygen atoms in total. The zero-order valence-corrected chi connectivity index (χ0v) is 15.2. The highest BCUT2D eigenvalue weighted by Crippen LogP contribution is 2.35. The molecular weight excluding hydrogens is 376 g/mol. The van der Waals surface area contributed by atoms with Crippen LogP contribution >= 0.6 is 27.3 Å². The number of rotatable bonds is 3. The Morgan fingerprint density at radius 1 is 1.43 bits per heavy atom. The molecule has 23 heavy (non-hydrogen) atoms. The van der Waals surface area contributed by atoms with E-state index in [9.17, 15) is 4.79 Å². The second-order valence-electron chi connectivity index (χ2n) is 5.91. The molecule has 0 radical (unpaired) electrons. The molecule has 0 aromatic carbocycles. The molecule has 0 amide bonds. The highest BCUT2D eigenvalue weighted by atomic mass is 79.9. The highest BCUT2D eigenvalue weighted by Gasteiger charge is 2.25. The molecule has 7 heteroatoms. The third-order valence-corrected chi connectivity index (χ3v) is 6.33. The van der Waals surface area contributed by atoms with Gasteiger partial charge in [0, 0.05) is 10.4 Å². The number of hydrogen-bond acceptors (Lipinski definition) is 4. The Bertz CT molecular complexity index is 920. The van der Waals surface area contributed by atoms with E-state index in [2.05, 4.69) is 20.9 Å². The van der Waals surface area contributed by atoms with E-state index in [4.69, 9.17) is 10.1 Å². The van der Waals surface area contributed by atoms with Crippen molar-refractivity contribution in [2.24, 2.45) is 0 Å². The fourth-order valence-electron chi connectivity index (χ4n) is 3.36. The molecule has 1 saturated carbocycles. The number of imidazole rings is 1. The van der Waals surface area contributed by atoms with Crippen LogP contribution in [0, 0.1) is 0 Å². The smallest absolute Gasteiger partial charge is 0.277 e. The number of fused-ring (bicyclic) bond motifs is 1. The average molecular weight is 393 g/mol. The van der Waals surface area contributed by atoms with Crippen molar-refractivity contribution in [2.75, 3.05) is 0 Å². The van der Waals surface area contributed by atoms with E-state index in [1.54, 1.807) is 15.9 Å². The summed E-state index contributed by atoms with van der Waals surface area (Å²) in [4.78, 5) is 21.3. The lowest BCUT2D eigenvalue weighted by Gasteiger charge is -2.07. The Hall–Kier alpha value is -1.47. The van der Waals surface area contributed by atoms with E-state index >= 15 is 0 Å². The number of aromatic amines is 1. The molecule has 1 fully saturated rings. The normalized spacial score (nSPS) is 15.7. The van der Waals surface area contributed by atoms with Gasteiger partial charge in [0.25, 0.3) is 5.56 Å². The number of H-pyrrole nitrogens is 1. The van der Waals surface area contributed by atoms with Gasteiger partial charge in [0.15, 0.2) is 11.3 Å². The fourth-order valence-corrected chi connectivity index (χ4v) is 4.85. The fraction of sp³-hybridized carbons (Fsp3) is 0.438. The zero-order valence-electron chi connectivity index (χ0n) is 12.8. The van der Waals surface area contributed by atoms with Crippen molar-refractivity contribution in [1.29, 1.82) is 0 Å². The molecule has 1 N–H and O–H groups in total. The van der Waals surface area contributed by atoms with E-state index in [1.165, 1.54) is 12.8 Å². The number of thiophene rings is 1. The number of aromatic nitrogens is 4. The van der Waals surface area contributed by atoms with Gasteiger partial charge in [-0.25, -0.2) is 9.50 Å². The predicted molar refractivity (Wildman–Crippen MR) is 95.2 cm³/mol. The van der Waals surface area contributed by atoms with Crippen molar-refractivity contribution in [3.63, 3.8) is 0 Å². The first-order valence-corrected chi connectivity index (χ1v) is 9.61. The Labute approximate surface area is 145 Å². The van der Waals surface area contributed by atoms with Gasteiger partial charge in [-0.15, -0.1) is 16.4 Å². The van der Waals surface area contributed by atoms with Crippen LogP contribution in [0.25, 0.3) is 16.2 Å². The van der Waals surface area contributed by atoms with Crippen LogP contribution in [0.3, 0.4) is 0 Å². The van der Waals surface area contributed by atoms with Gasteiger partial charge in [0.05, 0.1) is 10.6 Å². The number of hydrogen-bond donors (Lipinski definition) is 1. The van der Waals surface area contributed by atoms with Gasteiger partial charge in [0.1, 0.15) is 5.82 Å². The van der Waals surface area contributed by atoms with Gasteiger partial charge >= 0.3 is 0 Å². The SMILES string of the molecule is CCc1nc(C2CCCC2)n2nc(-c3sccc3Br)[nH]c(=O)c12. The molecule has 0 spiro atoms. The molecule has 0 bridgehead atoms. The first-order chi connectivity index (χ1) is 11.2. The molecule has 3 aromatic heterocycles. The quantitative estimate of drug-likeness (QED) is 0.728. The minimum Gasteiger partial charge on any atom is -0.302 e. The molecule has 3 heterocycles. The van der Waals surface area contributed by atoms with Crippen molar-refractivity contribution >= 4 is 32.8 Å². The van der Waals surface area contributed by atoms with Crippen LogP contribution in [0.5, 0.6) is 0 Å². The molecule has 120 valence electrons. The van der Waals surface area contributed by atoms with Crippen LogP contribution < -0.4 is 5.56 Å². The average Bonchev–Trinajstić information content (AvgIpc) is 3.24. The third kappa shape index (κ3) is 2.46. The maximum absolute atomic E-state index is 12.6. The standard InChI is InChI=1S/C16H17BrN4OS/c1-2-11-12-16(22)19-14(13-10(17)7-8-23-13)20-21(12)15(18-11)9-5-3-4-6-9/h7-9H,2-6H2,1H3,(H,19,20,22). The summed E-state index contributed by atoms with van der Waals surface area (Å²) < 4.78 is 2.75. The minimum atomic E-state index is -0.108. The molecule has 4 rings (SSSR count). The van der Waals surface area contributed by atoms with E-state index in [0.29, 0.717) is 17.3 Å². The number of halogens is 1. The molecule has 0 unspecified atom stereocenters. The van der Waals surface area contributed by atoms with Crippen LogP contribution in [-0.4, -0.2) is 19.6 Å². The molecule has 1 aliphatic carbocycles. The summed E-state index contributed by atoms with van der Waals surface area (Å²) >= 11 is 5.08. The van der Waals surface area contributed by atoms with Crippen LogP contribution in [0.1, 0.15) is 50.0 Å². The van der Waals surface area contributed by atoms with E-state index in [0.717, 1.165) is 40.1 Å². The topological polar surface area (TPSA) is 63.1 Å². The minimum absolute atomic E-state index is 0.108. The van der Waals surface area contributed by atoms with Crippen molar-refractivity contribution < 1.29 is 0 Å². The maximum Gasteiger partial charge on any atom is 0.277 e. The van der Waals surface area contributed by atoms with E-state index < -0.39 is 0 Å². The lowest BCUT2D eigenvalue weighted by atomic mass is 10.1. The van der Waals surface area contributed by atoms with Gasteiger partial charge in [0.2, 0.25) is 0 Å². The lowest BCUT2D eigenvalue weighted by molar-refractivity contribution is 0.639. The van der Waals surface area contributed by atoms with E-state index in [1.807, 2.05) is 18.4 Å². The Kier molecular flexibility index (Phi) is 3.85. The summed E-state index contributed by atoms with van der Waals surface area (Å²) in [5, 5.41) is 6.71. The molecule has 0 saturated heterocycles. The Balaban J connectivity index is 1.98. The summed E-state index contributed by atoms with van der Waals surface area (Å²) in [5.41, 5.74) is 1.34. The Morgan fingerprint density at radius 3 is 2.87 bits per heavy atom. The van der Waals surface area contributed by atoms with Crippen molar-refractivity contribution in [3.05, 3.63) is 37.8 Å². The van der Waals surface area contributed by atoms with Gasteiger partial charge < -0.3 is 4.98 Å². The molecule has 0 atom stereocenters. The number of nitrogens with one attached hydrogen (secondary N) is 1. The van der Waals surface area contributed by atoms with Gasteiger partial charge in [-0.1, -0.05) is 19.8 Å². The van der Waals surface area contributed by atoms with Gasteiger partial charge in [-0.3, -0.25) is 4.79 Å². The van der Waals surface area contributed by atoms with Crippen LogP contribution in [-0.2, 0) is 6.42 Å². The third-order valence-electron chi connectivity index (χ3n) is 4.49. The van der Waals surface area contributed by atoms with Crippen LogP contribution in [0.4, 0.5) is 0 Å². The second kappa shape index (κ2) is 5.87. The first-order valence-electron chi connectivity index (χ1n) is 7.94. The predicted octanol–water partition coefficient (Wildman–Crippen LogP) is 4.13. The zero-order chi connectivity index (χ0) is 16.0. The lowest BCUT2D eigenvalue weighted by Crippen LogP contribution is -2.16. The largest absolute Gasteiger partial charge is 0.302 e. The first kappa shape index (κ1) is 15.1. The van der Waals surface area contributed by atoms with Crippen LogP contribution in [0.2, 0.25) is 0 Å². The summed E-state index contributed by atoms with van der Waals surface area (Å²) in [6.45, 7) is 2.03. The van der Waals surface area contributed by atoms with Crippen molar-refractivity contribution in [1.82, 2.24) is 19.6 Å². The van der Waals surface area contributed by atoms with Gasteiger partial charge in [-0.2, -0.15) is 0 Å². The monoisotopic (exact) mass is 392 g/mol. The molecule has 3 aromatic rings. The Morgan fingerprint density at radius 2 is 2.22 bits per heavy atom. The van der Waals surface area contributed by atoms with E-state index in [-0.39, 0.29) is 5.56 Å². The van der Waals surface area contributed by atoms with Crippen LogP contribution in [0.15, 0.2) is 20.7 Å². The molecule has 1 aliphatic rings. The maximum atomic E-state index is 12.6. The number of nitrogens with zero attached hydrogens (tertiary/aromatic N) is 3. The summed E-state index contributed by atoms with van der Waals surface area (Å²) in [7, 11) is 0. The van der Waals surface area contributed by atoms with Crippen molar-refractivity contribution in [2.45, 2.75) is 44.9 Å². The summed E-state index contributed by atoms with van der Waals surface area (Å²) in [6, 6.07) is 1.97. The summed E-state index contributed by atoms with van der Waals surface area (Å²) in [6.07, 6.45) is 5.47. The number of aryl methyl sites for hydroxylation is 1. The molecular formula is C16H17BrN4OS. The van der Waals surface area contributed by atoms with Crippen molar-refractivity contribution in [3.8, 4) is 10.7 Å². The summed E-state index contributed by atoms with van der Waals surface area (Å²) in [5.74, 6) is 1.97. The highest BCUT2D eigenvalue weighted by molar-refractivity contribution is 9.10. The van der Waals surface area contributed by atoms with Gasteiger partial charge in [-0.05, 0) is 46.6 Å².